The van der Waals surface area contributed by atoms with E-state index in [0.717, 1.165) is 12.2 Å². The summed E-state index contributed by atoms with van der Waals surface area (Å²) in [4.78, 5) is 0. The molecule has 0 fully saturated rings. The van der Waals surface area contributed by atoms with Crippen LogP contribution in [0.25, 0.3) is 0 Å². The molecular formula is C16H26OS. The fraction of sp³-hybridized carbons (Fsp3) is 0.625. The van der Waals surface area contributed by atoms with Crippen molar-refractivity contribution in [3.05, 3.63) is 29.8 Å². The monoisotopic (exact) mass is 266 g/mol. The van der Waals surface area contributed by atoms with Crippen molar-refractivity contribution in [2.24, 2.45) is 5.41 Å². The van der Waals surface area contributed by atoms with Gasteiger partial charge in [0.2, 0.25) is 0 Å². The highest BCUT2D eigenvalue weighted by molar-refractivity contribution is 7.99. The highest BCUT2D eigenvalue weighted by Crippen LogP contribution is 2.22. The van der Waals surface area contributed by atoms with E-state index in [4.69, 9.17) is 4.74 Å². The fourth-order valence-electron chi connectivity index (χ4n) is 1.79. The Hall–Kier alpha value is -0.630. The van der Waals surface area contributed by atoms with E-state index >= 15 is 0 Å². The van der Waals surface area contributed by atoms with Gasteiger partial charge in [0.05, 0.1) is 7.11 Å². The molecule has 0 aliphatic rings. The van der Waals surface area contributed by atoms with Gasteiger partial charge in [-0.2, -0.15) is 11.8 Å². The van der Waals surface area contributed by atoms with Crippen molar-refractivity contribution in [1.29, 1.82) is 0 Å². The van der Waals surface area contributed by atoms with Crippen molar-refractivity contribution < 1.29 is 4.74 Å². The summed E-state index contributed by atoms with van der Waals surface area (Å²) in [5.41, 5.74) is 1.88. The summed E-state index contributed by atoms with van der Waals surface area (Å²) in [7, 11) is 1.71. The number of aryl methyl sites for hydroxylation is 1. The molecule has 0 atom stereocenters. The Morgan fingerprint density at radius 1 is 1.06 bits per heavy atom. The minimum Gasteiger partial charge on any atom is -0.497 e. The summed E-state index contributed by atoms with van der Waals surface area (Å²) in [6.07, 6.45) is 3.81. The summed E-state index contributed by atoms with van der Waals surface area (Å²) < 4.78 is 5.15. The third-order valence-corrected chi connectivity index (χ3v) is 3.98. The Bertz CT molecular complexity index is 324. The Kier molecular flexibility index (Phi) is 6.62. The van der Waals surface area contributed by atoms with Crippen LogP contribution in [0, 0.1) is 5.41 Å². The molecular weight excluding hydrogens is 240 g/mol. The van der Waals surface area contributed by atoms with E-state index in [1.54, 1.807) is 7.11 Å². The van der Waals surface area contributed by atoms with Crippen LogP contribution in [0.15, 0.2) is 24.3 Å². The van der Waals surface area contributed by atoms with Crippen molar-refractivity contribution >= 4 is 11.8 Å². The Morgan fingerprint density at radius 2 is 1.72 bits per heavy atom. The first-order chi connectivity index (χ1) is 8.51. The Morgan fingerprint density at radius 3 is 2.28 bits per heavy atom. The lowest BCUT2D eigenvalue weighted by atomic mass is 9.91. The molecule has 18 heavy (non-hydrogen) atoms. The largest absolute Gasteiger partial charge is 0.497 e. The zero-order valence-corrected chi connectivity index (χ0v) is 13.0. The van der Waals surface area contributed by atoms with E-state index in [2.05, 4.69) is 44.7 Å². The van der Waals surface area contributed by atoms with E-state index in [0.29, 0.717) is 5.41 Å². The van der Waals surface area contributed by atoms with Gasteiger partial charge in [-0.3, -0.25) is 0 Å². The van der Waals surface area contributed by atoms with Crippen LogP contribution < -0.4 is 4.74 Å². The third-order valence-electron chi connectivity index (χ3n) is 2.91. The van der Waals surface area contributed by atoms with Crippen LogP contribution in [0.5, 0.6) is 5.75 Å². The van der Waals surface area contributed by atoms with E-state index in [1.807, 2.05) is 12.1 Å². The quantitative estimate of drug-likeness (QED) is 0.656. The predicted molar refractivity (Wildman–Crippen MR) is 82.7 cm³/mol. The molecule has 102 valence electrons. The van der Waals surface area contributed by atoms with Crippen molar-refractivity contribution in [1.82, 2.24) is 0 Å². The molecule has 1 aromatic carbocycles. The van der Waals surface area contributed by atoms with E-state index < -0.39 is 0 Å². The van der Waals surface area contributed by atoms with Gasteiger partial charge < -0.3 is 4.74 Å². The Balaban J connectivity index is 2.10. The summed E-state index contributed by atoms with van der Waals surface area (Å²) in [6.45, 7) is 6.94. The van der Waals surface area contributed by atoms with E-state index in [-0.39, 0.29) is 0 Å². The molecule has 1 aromatic rings. The maximum Gasteiger partial charge on any atom is 0.118 e. The molecule has 1 rings (SSSR count). The zero-order valence-electron chi connectivity index (χ0n) is 12.2. The second-order valence-electron chi connectivity index (χ2n) is 5.87. The number of methoxy groups -OCH3 is 1. The SMILES string of the molecule is COc1ccc(CCSCCCC(C)(C)C)cc1. The van der Waals surface area contributed by atoms with Crippen molar-refractivity contribution in [3.8, 4) is 5.75 Å². The molecule has 2 heteroatoms. The van der Waals surface area contributed by atoms with Crippen LogP contribution in [0.2, 0.25) is 0 Å². The van der Waals surface area contributed by atoms with Gasteiger partial charge in [-0.1, -0.05) is 32.9 Å². The molecule has 0 saturated heterocycles. The van der Waals surface area contributed by atoms with Crippen molar-refractivity contribution in [2.45, 2.75) is 40.0 Å². The standard InChI is InChI=1S/C16H26OS/c1-16(2,3)11-5-12-18-13-10-14-6-8-15(17-4)9-7-14/h6-9H,5,10-13H2,1-4H3. The van der Waals surface area contributed by atoms with Crippen LogP contribution in [0.3, 0.4) is 0 Å². The minimum atomic E-state index is 0.483. The first-order valence-corrected chi connectivity index (χ1v) is 7.87. The summed E-state index contributed by atoms with van der Waals surface area (Å²) in [5, 5.41) is 0. The Labute approximate surface area is 116 Å². The summed E-state index contributed by atoms with van der Waals surface area (Å²) >= 11 is 2.07. The van der Waals surface area contributed by atoms with Crippen LogP contribution in [-0.4, -0.2) is 18.6 Å². The van der Waals surface area contributed by atoms with Crippen molar-refractivity contribution in [2.75, 3.05) is 18.6 Å². The summed E-state index contributed by atoms with van der Waals surface area (Å²) in [6, 6.07) is 8.41. The number of ether oxygens (including phenoxy) is 1. The first-order valence-electron chi connectivity index (χ1n) is 6.72. The molecule has 0 aliphatic heterocycles. The maximum atomic E-state index is 5.15. The molecule has 0 saturated carbocycles. The number of rotatable bonds is 7. The normalized spacial score (nSPS) is 11.6. The smallest absolute Gasteiger partial charge is 0.118 e. The molecule has 0 aliphatic carbocycles. The van der Waals surface area contributed by atoms with Crippen LogP contribution in [0.1, 0.15) is 39.2 Å². The number of benzene rings is 1. The lowest BCUT2D eigenvalue weighted by Gasteiger charge is -2.17. The second kappa shape index (κ2) is 7.73. The average molecular weight is 266 g/mol. The number of thioether (sulfide) groups is 1. The number of hydrogen-bond acceptors (Lipinski definition) is 2. The minimum absolute atomic E-state index is 0.483. The third kappa shape index (κ3) is 6.95. The maximum absolute atomic E-state index is 5.15. The molecule has 1 nitrogen and oxygen atoms in total. The lowest BCUT2D eigenvalue weighted by molar-refractivity contribution is 0.375. The lowest BCUT2D eigenvalue weighted by Crippen LogP contribution is -2.04. The van der Waals surface area contributed by atoms with Gasteiger partial charge in [0.15, 0.2) is 0 Å². The van der Waals surface area contributed by atoms with Gasteiger partial charge in [0.25, 0.3) is 0 Å². The molecule has 0 amide bonds. The van der Waals surface area contributed by atoms with Crippen LogP contribution >= 0.6 is 11.8 Å². The fourth-order valence-corrected chi connectivity index (χ4v) is 2.72. The zero-order chi connectivity index (χ0) is 13.4. The molecule has 0 bridgehead atoms. The van der Waals surface area contributed by atoms with Crippen molar-refractivity contribution in [3.63, 3.8) is 0 Å². The van der Waals surface area contributed by atoms with Gasteiger partial charge in [0, 0.05) is 0 Å². The van der Waals surface area contributed by atoms with Crippen LogP contribution in [0.4, 0.5) is 0 Å². The van der Waals surface area contributed by atoms with Gasteiger partial charge in [0.1, 0.15) is 5.75 Å². The topological polar surface area (TPSA) is 9.23 Å². The highest BCUT2D eigenvalue weighted by Gasteiger charge is 2.08. The molecule has 0 spiro atoms. The van der Waals surface area contributed by atoms with Gasteiger partial charge in [-0.25, -0.2) is 0 Å². The molecule has 0 N–H and O–H groups in total. The first kappa shape index (κ1) is 15.4. The predicted octanol–water partition coefficient (Wildman–Crippen LogP) is 4.80. The van der Waals surface area contributed by atoms with Crippen LogP contribution in [-0.2, 0) is 6.42 Å². The molecule has 0 unspecified atom stereocenters. The molecule has 0 aromatic heterocycles. The van der Waals surface area contributed by atoms with E-state index in [1.165, 1.54) is 29.9 Å². The average Bonchev–Trinajstić information content (AvgIpc) is 2.33. The highest BCUT2D eigenvalue weighted by atomic mass is 32.2. The van der Waals surface area contributed by atoms with Gasteiger partial charge in [-0.05, 0) is 53.9 Å². The number of hydrogen-bond donors (Lipinski definition) is 0. The van der Waals surface area contributed by atoms with E-state index in [9.17, 15) is 0 Å². The molecule has 0 heterocycles. The van der Waals surface area contributed by atoms with Gasteiger partial charge in [-0.15, -0.1) is 0 Å². The second-order valence-corrected chi connectivity index (χ2v) is 7.10. The van der Waals surface area contributed by atoms with Gasteiger partial charge >= 0.3 is 0 Å². The summed E-state index contributed by atoms with van der Waals surface area (Å²) in [5.74, 6) is 3.45. The molecule has 0 radical (unpaired) electrons.